The van der Waals surface area contributed by atoms with E-state index < -0.39 is 5.69 Å². The summed E-state index contributed by atoms with van der Waals surface area (Å²) in [6.07, 6.45) is 1.45. The second-order valence-corrected chi connectivity index (χ2v) is 9.75. The van der Waals surface area contributed by atoms with Crippen LogP contribution in [0.25, 0.3) is 21.8 Å². The molecule has 2 aromatic carbocycles. The van der Waals surface area contributed by atoms with Gasteiger partial charge >= 0.3 is 5.69 Å². The molecule has 0 saturated heterocycles. The molecule has 0 aliphatic heterocycles. The summed E-state index contributed by atoms with van der Waals surface area (Å²) in [5, 5.41) is 1.60. The van der Waals surface area contributed by atoms with E-state index in [1.165, 1.54) is 0 Å². The molecule has 0 saturated carbocycles. The Kier molecular flexibility index (Phi) is 6.64. The second kappa shape index (κ2) is 10.1. The van der Waals surface area contributed by atoms with Gasteiger partial charge in [0, 0.05) is 51.3 Å². The number of pyridine rings is 2. The van der Waals surface area contributed by atoms with E-state index in [0.29, 0.717) is 23.6 Å². The van der Waals surface area contributed by atoms with Crippen molar-refractivity contribution in [3.8, 4) is 0 Å². The van der Waals surface area contributed by atoms with Gasteiger partial charge in [-0.3, -0.25) is 19.9 Å². The molecule has 0 fully saturated rings. The lowest BCUT2D eigenvalue weighted by molar-refractivity contribution is 0.398. The van der Waals surface area contributed by atoms with E-state index in [0.717, 1.165) is 57.5 Å². The van der Waals surface area contributed by atoms with Gasteiger partial charge in [0.05, 0.1) is 11.0 Å². The molecule has 0 spiro atoms. The smallest absolute Gasteiger partial charge is 0.349 e. The highest BCUT2D eigenvalue weighted by Crippen LogP contribution is 2.37. The molecular weight excluding hydrogens is 478 g/mol. The van der Waals surface area contributed by atoms with Crippen molar-refractivity contribution in [1.29, 1.82) is 0 Å². The maximum absolute atomic E-state index is 12.7. The summed E-state index contributed by atoms with van der Waals surface area (Å²) in [6, 6.07) is 15.2. The zero-order chi connectivity index (χ0) is 27.0. The van der Waals surface area contributed by atoms with Crippen LogP contribution in [0.1, 0.15) is 23.6 Å². The topological polar surface area (TPSA) is 143 Å². The molecule has 0 radical (unpaired) electrons. The predicted octanol–water partition coefficient (Wildman–Crippen LogP) is 4.01. The summed E-state index contributed by atoms with van der Waals surface area (Å²) < 4.78 is 0. The fourth-order valence-electron chi connectivity index (χ4n) is 4.61. The summed E-state index contributed by atoms with van der Waals surface area (Å²) in [7, 11) is 4.03. The zero-order valence-corrected chi connectivity index (χ0v) is 22.0. The number of aryl methyl sites for hydroxylation is 3. The number of H-pyrrole nitrogens is 1. The monoisotopic (exact) mass is 509 g/mol. The molecular formula is C28H31N9O. The Morgan fingerprint density at radius 3 is 1.87 bits per heavy atom. The third-order valence-electron chi connectivity index (χ3n) is 6.33. The summed E-state index contributed by atoms with van der Waals surface area (Å²) in [5.74, 6) is 0.826. The molecule has 0 aliphatic rings. The summed E-state index contributed by atoms with van der Waals surface area (Å²) in [6.45, 7) is 4.69. The van der Waals surface area contributed by atoms with Gasteiger partial charge in [-0.1, -0.05) is 0 Å². The van der Waals surface area contributed by atoms with Crippen LogP contribution in [0.3, 0.4) is 0 Å². The highest BCUT2D eigenvalue weighted by Gasteiger charge is 2.19. The quantitative estimate of drug-likeness (QED) is 0.296. The number of hydrogen-bond acceptors (Lipinski definition) is 9. The number of rotatable bonds is 7. The van der Waals surface area contributed by atoms with E-state index in [4.69, 9.17) is 16.5 Å². The number of benzene rings is 2. The number of nitrogen functional groups attached to an aromatic ring is 2. The fourth-order valence-corrected chi connectivity index (χ4v) is 4.61. The number of nitrogens with two attached hydrogens (primary N) is 2. The van der Waals surface area contributed by atoms with Gasteiger partial charge in [0.15, 0.2) is 0 Å². The van der Waals surface area contributed by atoms with Crippen LogP contribution in [0, 0.1) is 13.8 Å². The minimum atomic E-state index is -0.463. The van der Waals surface area contributed by atoms with E-state index in [1.54, 1.807) is 0 Å². The van der Waals surface area contributed by atoms with Crippen LogP contribution in [0.4, 0.5) is 28.7 Å². The molecule has 38 heavy (non-hydrogen) atoms. The van der Waals surface area contributed by atoms with Crippen molar-refractivity contribution in [1.82, 2.24) is 29.8 Å². The summed E-state index contributed by atoms with van der Waals surface area (Å²) in [5.41, 5.74) is 18.2. The maximum Gasteiger partial charge on any atom is 0.349 e. The van der Waals surface area contributed by atoms with Crippen molar-refractivity contribution >= 4 is 50.5 Å². The molecule has 3 heterocycles. The van der Waals surface area contributed by atoms with E-state index in [1.807, 2.05) is 81.4 Å². The van der Waals surface area contributed by atoms with E-state index in [2.05, 4.69) is 24.8 Å². The van der Waals surface area contributed by atoms with Crippen LogP contribution in [0.2, 0.25) is 0 Å². The van der Waals surface area contributed by atoms with Crippen molar-refractivity contribution in [2.75, 3.05) is 37.0 Å². The number of fused-ring (bicyclic) bond motifs is 2. The summed E-state index contributed by atoms with van der Waals surface area (Å²) >= 11 is 0. The van der Waals surface area contributed by atoms with Crippen LogP contribution in [0.15, 0.2) is 53.3 Å². The Morgan fingerprint density at radius 1 is 0.789 bits per heavy atom. The molecule has 0 atom stereocenters. The molecule has 0 amide bonds. The Morgan fingerprint density at radius 2 is 1.34 bits per heavy atom. The van der Waals surface area contributed by atoms with E-state index in [-0.39, 0.29) is 5.95 Å². The minimum absolute atomic E-state index is 0.254. The first-order valence-corrected chi connectivity index (χ1v) is 12.4. The molecule has 10 nitrogen and oxygen atoms in total. The average molecular weight is 510 g/mol. The molecule has 194 valence electrons. The van der Waals surface area contributed by atoms with Gasteiger partial charge < -0.3 is 16.4 Å². The normalized spacial score (nSPS) is 11.5. The molecule has 0 bridgehead atoms. The highest BCUT2D eigenvalue weighted by atomic mass is 16.1. The SMILES string of the molecule is Cc1cc(N)c2cc(N(c3ccc4nc(C)cc(N)c4c3)c3nc(CCCN(C)C)[nH]c(=O)n3)ccc2n1. The van der Waals surface area contributed by atoms with Crippen molar-refractivity contribution in [3.05, 3.63) is 76.2 Å². The fraction of sp³-hybridized carbons (Fsp3) is 0.250. The third kappa shape index (κ3) is 5.12. The number of anilines is 5. The van der Waals surface area contributed by atoms with Gasteiger partial charge in [-0.05, 0) is 89.4 Å². The van der Waals surface area contributed by atoms with Gasteiger partial charge in [-0.15, -0.1) is 0 Å². The molecule has 5 N–H and O–H groups in total. The van der Waals surface area contributed by atoms with Gasteiger partial charge in [0.2, 0.25) is 5.95 Å². The Bertz CT molecular complexity index is 1620. The predicted molar refractivity (Wildman–Crippen MR) is 153 cm³/mol. The van der Waals surface area contributed by atoms with E-state index in [9.17, 15) is 4.79 Å². The number of nitrogens with one attached hydrogen (secondary N) is 1. The molecule has 0 aliphatic carbocycles. The number of hydrogen-bond donors (Lipinski definition) is 3. The maximum atomic E-state index is 12.7. The summed E-state index contributed by atoms with van der Waals surface area (Å²) in [4.78, 5) is 37.6. The Balaban J connectivity index is 1.69. The number of aromatic nitrogens is 5. The van der Waals surface area contributed by atoms with Crippen LogP contribution >= 0.6 is 0 Å². The third-order valence-corrected chi connectivity index (χ3v) is 6.33. The largest absolute Gasteiger partial charge is 0.398 e. The van der Waals surface area contributed by atoms with Gasteiger partial charge in [0.25, 0.3) is 0 Å². The Labute approximate surface area is 220 Å². The lowest BCUT2D eigenvalue weighted by Crippen LogP contribution is -2.23. The average Bonchev–Trinajstić information content (AvgIpc) is 2.84. The first-order chi connectivity index (χ1) is 18.2. The van der Waals surface area contributed by atoms with Crippen molar-refractivity contribution in [3.63, 3.8) is 0 Å². The lowest BCUT2D eigenvalue weighted by atomic mass is 10.1. The number of aromatic amines is 1. The molecule has 5 aromatic rings. The first kappa shape index (κ1) is 25.1. The highest BCUT2D eigenvalue weighted by molar-refractivity contribution is 5.97. The molecule has 10 heteroatoms. The van der Waals surface area contributed by atoms with Crippen molar-refractivity contribution < 1.29 is 0 Å². The second-order valence-electron chi connectivity index (χ2n) is 9.75. The van der Waals surface area contributed by atoms with Crippen LogP contribution in [0.5, 0.6) is 0 Å². The number of nitrogens with zero attached hydrogens (tertiary/aromatic N) is 6. The van der Waals surface area contributed by atoms with Gasteiger partial charge in [-0.25, -0.2) is 4.79 Å². The van der Waals surface area contributed by atoms with Gasteiger partial charge in [0.1, 0.15) is 5.82 Å². The molecule has 3 aromatic heterocycles. The van der Waals surface area contributed by atoms with Crippen molar-refractivity contribution in [2.45, 2.75) is 26.7 Å². The zero-order valence-electron chi connectivity index (χ0n) is 22.0. The Hall–Kier alpha value is -4.57. The standard InChI is InChI=1S/C28H31N9O/c1-16-12-22(29)20-14-18(7-9-24(20)31-16)37(19-8-10-25-21(15-19)23(30)13-17(2)32-25)27-33-26(34-28(38)35-27)6-5-11-36(3)4/h7-10,12-15H,5-6,11H2,1-4H3,(H2,29,31)(H2,30,32)(H,33,34,35,38). The molecule has 5 rings (SSSR count). The van der Waals surface area contributed by atoms with Gasteiger partial charge in [-0.2, -0.15) is 9.97 Å². The molecule has 0 unspecified atom stereocenters. The van der Waals surface area contributed by atoms with Crippen LogP contribution < -0.4 is 22.1 Å². The van der Waals surface area contributed by atoms with E-state index >= 15 is 0 Å². The van der Waals surface area contributed by atoms with Crippen LogP contribution in [-0.2, 0) is 6.42 Å². The van der Waals surface area contributed by atoms with Crippen molar-refractivity contribution in [2.24, 2.45) is 0 Å². The van der Waals surface area contributed by atoms with Crippen LogP contribution in [-0.4, -0.2) is 50.5 Å². The first-order valence-electron chi connectivity index (χ1n) is 12.4. The minimum Gasteiger partial charge on any atom is -0.398 e. The lowest BCUT2D eigenvalue weighted by Gasteiger charge is -2.24.